The van der Waals surface area contributed by atoms with Crippen LogP contribution in [0.25, 0.3) is 0 Å². The Balaban J connectivity index is 1.42. The van der Waals surface area contributed by atoms with Crippen molar-refractivity contribution < 1.29 is 24.1 Å². The van der Waals surface area contributed by atoms with Gasteiger partial charge in [-0.1, -0.05) is 24.3 Å². The normalized spacial score (nSPS) is 19.6. The van der Waals surface area contributed by atoms with Crippen LogP contribution in [0.15, 0.2) is 60.7 Å². The van der Waals surface area contributed by atoms with Crippen LogP contribution in [-0.4, -0.2) is 57.1 Å². The molecule has 5 rings (SSSR count). The van der Waals surface area contributed by atoms with E-state index in [1.54, 1.807) is 26.4 Å². The molecule has 3 aromatic rings. The number of aromatic hydroxyl groups is 1. The van der Waals surface area contributed by atoms with Gasteiger partial charge in [0.25, 0.3) is 0 Å². The van der Waals surface area contributed by atoms with Crippen LogP contribution in [0.3, 0.4) is 0 Å². The third-order valence-electron chi connectivity index (χ3n) is 7.10. The van der Waals surface area contributed by atoms with Gasteiger partial charge in [-0.3, -0.25) is 4.90 Å². The van der Waals surface area contributed by atoms with E-state index in [-0.39, 0.29) is 17.6 Å². The summed E-state index contributed by atoms with van der Waals surface area (Å²) in [4.78, 5) is 2.45. The second-order valence-corrected chi connectivity index (χ2v) is 9.20. The molecule has 0 radical (unpaired) electrons. The maximum atomic E-state index is 10.0. The summed E-state index contributed by atoms with van der Waals surface area (Å²) in [7, 11) is 3.29. The van der Waals surface area contributed by atoms with E-state index in [9.17, 15) is 5.11 Å². The number of rotatable bonds is 8. The fourth-order valence-corrected chi connectivity index (χ4v) is 5.25. The minimum absolute atomic E-state index is 0.0519. The lowest BCUT2D eigenvalue weighted by Crippen LogP contribution is -2.25. The van der Waals surface area contributed by atoms with Crippen LogP contribution < -0.4 is 18.9 Å². The molecule has 2 atom stereocenters. The fourth-order valence-electron chi connectivity index (χ4n) is 5.25. The lowest BCUT2D eigenvalue weighted by Gasteiger charge is -2.35. The molecule has 6 heteroatoms. The van der Waals surface area contributed by atoms with Crippen molar-refractivity contribution in [3.05, 3.63) is 77.4 Å². The molecule has 1 N–H and O–H groups in total. The van der Waals surface area contributed by atoms with Gasteiger partial charge in [-0.05, 0) is 67.4 Å². The fraction of sp³-hybridized carbons (Fsp3) is 0.379. The predicted molar refractivity (Wildman–Crippen MR) is 135 cm³/mol. The molecular weight excluding hydrogens is 442 g/mol. The van der Waals surface area contributed by atoms with Crippen molar-refractivity contribution in [2.75, 3.05) is 47.1 Å². The summed E-state index contributed by atoms with van der Waals surface area (Å²) in [5, 5.41) is 10.0. The largest absolute Gasteiger partial charge is 0.508 e. The van der Waals surface area contributed by atoms with Crippen molar-refractivity contribution in [1.29, 1.82) is 0 Å². The Labute approximate surface area is 207 Å². The molecule has 0 unspecified atom stereocenters. The Bertz CT molecular complexity index is 1140. The molecule has 0 aliphatic carbocycles. The van der Waals surface area contributed by atoms with Gasteiger partial charge in [0.1, 0.15) is 23.9 Å². The van der Waals surface area contributed by atoms with Crippen LogP contribution in [0.2, 0.25) is 0 Å². The molecule has 35 heavy (non-hydrogen) atoms. The summed E-state index contributed by atoms with van der Waals surface area (Å²) in [6.45, 7) is 4.52. The molecule has 6 nitrogen and oxygen atoms in total. The van der Waals surface area contributed by atoms with Gasteiger partial charge in [0.05, 0.1) is 20.8 Å². The SMILES string of the molecule is COc1ccc([C@H]2COc3cc(O)ccc3[C@@H]2c2ccc(OCCN3CCCC3)cc2)cc1OC. The second kappa shape index (κ2) is 10.5. The number of nitrogens with zero attached hydrogens (tertiary/aromatic N) is 1. The van der Waals surface area contributed by atoms with Gasteiger partial charge in [-0.25, -0.2) is 0 Å². The molecule has 184 valence electrons. The maximum Gasteiger partial charge on any atom is 0.160 e. The molecule has 0 spiro atoms. The lowest BCUT2D eigenvalue weighted by molar-refractivity contribution is 0.237. The first-order chi connectivity index (χ1) is 17.2. The van der Waals surface area contributed by atoms with Gasteiger partial charge in [0.2, 0.25) is 0 Å². The van der Waals surface area contributed by atoms with E-state index in [1.165, 1.54) is 31.5 Å². The van der Waals surface area contributed by atoms with Gasteiger partial charge in [-0.15, -0.1) is 0 Å². The highest BCUT2D eigenvalue weighted by atomic mass is 16.5. The number of methoxy groups -OCH3 is 2. The summed E-state index contributed by atoms with van der Waals surface area (Å²) in [6, 6.07) is 19.8. The molecule has 1 fully saturated rings. The smallest absolute Gasteiger partial charge is 0.160 e. The maximum absolute atomic E-state index is 10.0. The Kier molecular flexibility index (Phi) is 7.00. The summed E-state index contributed by atoms with van der Waals surface area (Å²) >= 11 is 0. The van der Waals surface area contributed by atoms with Gasteiger partial charge in [0.15, 0.2) is 11.5 Å². The lowest BCUT2D eigenvalue weighted by atomic mass is 9.76. The molecule has 1 saturated heterocycles. The van der Waals surface area contributed by atoms with Crippen LogP contribution in [0.5, 0.6) is 28.7 Å². The third-order valence-corrected chi connectivity index (χ3v) is 7.10. The number of ether oxygens (including phenoxy) is 4. The van der Waals surface area contributed by atoms with E-state index in [4.69, 9.17) is 18.9 Å². The van der Waals surface area contributed by atoms with E-state index in [2.05, 4.69) is 35.2 Å². The van der Waals surface area contributed by atoms with Crippen molar-refractivity contribution >= 4 is 0 Å². The Morgan fingerprint density at radius 1 is 0.886 bits per heavy atom. The number of benzene rings is 3. The predicted octanol–water partition coefficient (Wildman–Crippen LogP) is 5.19. The molecule has 0 aromatic heterocycles. The average Bonchev–Trinajstić information content (AvgIpc) is 3.41. The van der Waals surface area contributed by atoms with E-state index in [0.29, 0.717) is 24.7 Å². The van der Waals surface area contributed by atoms with Gasteiger partial charge >= 0.3 is 0 Å². The van der Waals surface area contributed by atoms with E-state index < -0.39 is 0 Å². The highest BCUT2D eigenvalue weighted by Gasteiger charge is 2.34. The Morgan fingerprint density at radius 2 is 1.63 bits per heavy atom. The highest BCUT2D eigenvalue weighted by Crippen LogP contribution is 2.48. The number of likely N-dealkylation sites (tertiary alicyclic amines) is 1. The second-order valence-electron chi connectivity index (χ2n) is 9.20. The van der Waals surface area contributed by atoms with Crippen molar-refractivity contribution in [1.82, 2.24) is 4.90 Å². The molecular formula is C29H33NO5. The number of phenolic OH excluding ortho intramolecular Hbond substituents is 1. The van der Waals surface area contributed by atoms with Crippen molar-refractivity contribution in [2.24, 2.45) is 0 Å². The molecule has 2 aliphatic rings. The van der Waals surface area contributed by atoms with Gasteiger partial charge in [-0.2, -0.15) is 0 Å². The van der Waals surface area contributed by atoms with Crippen LogP contribution in [0, 0.1) is 0 Å². The van der Waals surface area contributed by atoms with Crippen LogP contribution in [-0.2, 0) is 0 Å². The Hall–Kier alpha value is -3.38. The number of hydrogen-bond acceptors (Lipinski definition) is 6. The first-order valence-corrected chi connectivity index (χ1v) is 12.3. The summed E-state index contributed by atoms with van der Waals surface area (Å²) in [6.07, 6.45) is 2.58. The minimum Gasteiger partial charge on any atom is -0.508 e. The first-order valence-electron chi connectivity index (χ1n) is 12.3. The standard InChI is InChI=1S/C29H33NO5/c1-32-26-12-7-21(17-28(26)33-2)25-19-35-27-18-22(31)8-11-24(27)29(25)20-5-9-23(10-6-20)34-16-15-30-13-3-4-14-30/h5-12,17-18,25,29,31H,3-4,13-16,19H2,1-2H3/t25-,29+/m1/s1. The molecule has 0 bridgehead atoms. The van der Waals surface area contributed by atoms with Crippen molar-refractivity contribution in [3.8, 4) is 28.7 Å². The molecule has 0 amide bonds. The number of hydrogen-bond donors (Lipinski definition) is 1. The highest BCUT2D eigenvalue weighted by molar-refractivity contribution is 5.52. The van der Waals surface area contributed by atoms with E-state index >= 15 is 0 Å². The number of fused-ring (bicyclic) bond motifs is 1. The van der Waals surface area contributed by atoms with Crippen molar-refractivity contribution in [2.45, 2.75) is 24.7 Å². The zero-order valence-electron chi connectivity index (χ0n) is 20.4. The van der Waals surface area contributed by atoms with Crippen LogP contribution in [0.1, 0.15) is 41.4 Å². The zero-order chi connectivity index (χ0) is 24.2. The van der Waals surface area contributed by atoms with E-state index in [0.717, 1.165) is 29.2 Å². The third kappa shape index (κ3) is 5.03. The zero-order valence-corrected chi connectivity index (χ0v) is 20.4. The summed E-state index contributed by atoms with van der Waals surface area (Å²) in [5.41, 5.74) is 3.33. The first kappa shape index (κ1) is 23.4. The molecule has 0 saturated carbocycles. The topological polar surface area (TPSA) is 60.4 Å². The summed E-state index contributed by atoms with van der Waals surface area (Å²) < 4.78 is 23.2. The monoisotopic (exact) mass is 475 g/mol. The van der Waals surface area contributed by atoms with Gasteiger partial charge in [0, 0.05) is 30.0 Å². The Morgan fingerprint density at radius 3 is 2.37 bits per heavy atom. The minimum atomic E-state index is 0.0519. The van der Waals surface area contributed by atoms with Crippen LogP contribution >= 0.6 is 0 Å². The molecule has 2 aliphatic heterocycles. The van der Waals surface area contributed by atoms with E-state index in [1.807, 2.05) is 18.2 Å². The van der Waals surface area contributed by atoms with Gasteiger partial charge < -0.3 is 24.1 Å². The van der Waals surface area contributed by atoms with Crippen molar-refractivity contribution in [3.63, 3.8) is 0 Å². The van der Waals surface area contributed by atoms with Crippen LogP contribution in [0.4, 0.5) is 0 Å². The molecule has 2 heterocycles. The number of phenols is 1. The molecule has 3 aromatic carbocycles. The quantitative estimate of drug-likeness (QED) is 0.484. The summed E-state index contributed by atoms with van der Waals surface area (Å²) in [5.74, 6) is 3.32. The average molecular weight is 476 g/mol.